The fraction of sp³-hybridized carbons (Fsp3) is 0.500. The van der Waals surface area contributed by atoms with Crippen LogP contribution in [0.4, 0.5) is 0 Å². The molecule has 1 atom stereocenters. The van der Waals surface area contributed by atoms with E-state index in [0.717, 1.165) is 31.5 Å². The number of hydrogen-bond donors (Lipinski definition) is 1. The number of fused-ring (bicyclic) bond motifs is 1. The maximum absolute atomic E-state index is 12.3. The summed E-state index contributed by atoms with van der Waals surface area (Å²) in [6, 6.07) is 1.87. The highest BCUT2D eigenvalue weighted by molar-refractivity contribution is 5.99. The third-order valence-corrected chi connectivity index (χ3v) is 4.37. The van der Waals surface area contributed by atoms with Gasteiger partial charge in [0.1, 0.15) is 5.56 Å². The van der Waals surface area contributed by atoms with Gasteiger partial charge in [0.25, 0.3) is 5.91 Å². The van der Waals surface area contributed by atoms with Gasteiger partial charge in [-0.25, -0.2) is 9.50 Å². The van der Waals surface area contributed by atoms with E-state index < -0.39 is 0 Å². The summed E-state index contributed by atoms with van der Waals surface area (Å²) in [6.45, 7) is 2.65. The summed E-state index contributed by atoms with van der Waals surface area (Å²) >= 11 is 0. The summed E-state index contributed by atoms with van der Waals surface area (Å²) < 4.78 is 1.69. The maximum Gasteiger partial charge on any atom is 0.256 e. The monoisotopic (exact) mass is 315 g/mol. The lowest BCUT2D eigenvalue weighted by Crippen LogP contribution is -2.39. The number of nitrogens with zero attached hydrogens (tertiary/aromatic N) is 4. The highest BCUT2D eigenvalue weighted by Crippen LogP contribution is 2.31. The van der Waals surface area contributed by atoms with Gasteiger partial charge in [0.15, 0.2) is 5.65 Å². The van der Waals surface area contributed by atoms with Crippen molar-refractivity contribution in [2.45, 2.75) is 38.6 Å². The molecule has 0 saturated carbocycles. The number of hydrogen-bond acceptors (Lipinski definition) is 4. The van der Waals surface area contributed by atoms with Crippen molar-refractivity contribution in [3.63, 3.8) is 0 Å². The molecule has 1 fully saturated rings. The molecule has 3 rings (SSSR count). The van der Waals surface area contributed by atoms with Crippen LogP contribution in [0.5, 0.6) is 0 Å². The van der Waals surface area contributed by atoms with Crippen molar-refractivity contribution in [1.82, 2.24) is 24.8 Å². The first-order valence-corrected chi connectivity index (χ1v) is 8.01. The largest absolute Gasteiger partial charge is 0.355 e. The Morgan fingerprint density at radius 3 is 2.96 bits per heavy atom. The topological polar surface area (TPSA) is 79.6 Å². The molecule has 0 unspecified atom stereocenters. The molecule has 7 heteroatoms. The van der Waals surface area contributed by atoms with Gasteiger partial charge in [-0.1, -0.05) is 6.92 Å². The molecule has 7 nitrogen and oxygen atoms in total. The Bertz CT molecular complexity index is 739. The van der Waals surface area contributed by atoms with Gasteiger partial charge in [-0.2, -0.15) is 5.10 Å². The number of likely N-dealkylation sites (tertiary alicyclic amines) is 1. The van der Waals surface area contributed by atoms with Gasteiger partial charge in [-0.3, -0.25) is 9.59 Å². The van der Waals surface area contributed by atoms with Crippen LogP contribution in [0.3, 0.4) is 0 Å². The van der Waals surface area contributed by atoms with Crippen LogP contribution >= 0.6 is 0 Å². The Hall–Kier alpha value is -2.44. The van der Waals surface area contributed by atoms with E-state index in [1.807, 2.05) is 17.9 Å². The van der Waals surface area contributed by atoms with Crippen LogP contribution < -0.4 is 5.32 Å². The van der Waals surface area contributed by atoms with E-state index in [9.17, 15) is 9.59 Å². The quantitative estimate of drug-likeness (QED) is 0.932. The van der Waals surface area contributed by atoms with Gasteiger partial charge in [0.2, 0.25) is 5.91 Å². The van der Waals surface area contributed by atoms with Crippen LogP contribution in [0.15, 0.2) is 18.5 Å². The summed E-state index contributed by atoms with van der Waals surface area (Å²) in [7, 11) is 1.58. The van der Waals surface area contributed by atoms with E-state index >= 15 is 0 Å². The highest BCUT2D eigenvalue weighted by Gasteiger charge is 2.29. The Morgan fingerprint density at radius 1 is 1.39 bits per heavy atom. The van der Waals surface area contributed by atoms with Crippen LogP contribution in [0.2, 0.25) is 0 Å². The molecule has 0 spiro atoms. The second-order valence-electron chi connectivity index (χ2n) is 5.69. The first-order chi connectivity index (χ1) is 11.2. The number of aromatic nitrogens is 3. The van der Waals surface area contributed by atoms with Crippen molar-refractivity contribution in [1.29, 1.82) is 0 Å². The third kappa shape index (κ3) is 2.67. The van der Waals surface area contributed by atoms with Crippen molar-refractivity contribution in [3.05, 3.63) is 29.7 Å². The summed E-state index contributed by atoms with van der Waals surface area (Å²) in [5.41, 5.74) is 1.88. The maximum atomic E-state index is 12.3. The zero-order valence-corrected chi connectivity index (χ0v) is 13.5. The van der Waals surface area contributed by atoms with Crippen LogP contribution in [0.1, 0.15) is 54.7 Å². The minimum Gasteiger partial charge on any atom is -0.355 e. The van der Waals surface area contributed by atoms with Crippen LogP contribution in [0.25, 0.3) is 5.65 Å². The van der Waals surface area contributed by atoms with Gasteiger partial charge < -0.3 is 10.2 Å². The highest BCUT2D eigenvalue weighted by atomic mass is 16.2. The lowest BCUT2D eigenvalue weighted by atomic mass is 9.98. The lowest BCUT2D eigenvalue weighted by Gasteiger charge is -2.35. The smallest absolute Gasteiger partial charge is 0.256 e. The summed E-state index contributed by atoms with van der Waals surface area (Å²) in [5, 5.41) is 6.94. The molecule has 0 aromatic carbocycles. The van der Waals surface area contributed by atoms with E-state index in [0.29, 0.717) is 17.6 Å². The van der Waals surface area contributed by atoms with E-state index in [-0.39, 0.29) is 17.9 Å². The average Bonchev–Trinajstić information content (AvgIpc) is 3.04. The number of carbonyl (C=O) groups excluding carboxylic acids is 2. The second kappa shape index (κ2) is 6.36. The fourth-order valence-electron chi connectivity index (χ4n) is 3.20. The summed E-state index contributed by atoms with van der Waals surface area (Å²) in [6.07, 6.45) is 6.71. The molecule has 23 heavy (non-hydrogen) atoms. The Balaban J connectivity index is 2.06. The number of amides is 2. The summed E-state index contributed by atoms with van der Waals surface area (Å²) in [5.74, 6) is -0.0619. The number of piperidine rings is 1. The van der Waals surface area contributed by atoms with Gasteiger partial charge in [0.05, 0.1) is 17.9 Å². The molecule has 3 heterocycles. The molecule has 0 bridgehead atoms. The predicted octanol–water partition coefficient (Wildman–Crippen LogP) is 1.55. The molecule has 2 aromatic heterocycles. The zero-order valence-electron chi connectivity index (χ0n) is 13.5. The average molecular weight is 315 g/mol. The van der Waals surface area contributed by atoms with E-state index in [1.54, 1.807) is 17.8 Å². The molecule has 1 N–H and O–H groups in total. The second-order valence-corrected chi connectivity index (χ2v) is 5.69. The molecule has 122 valence electrons. The molecule has 1 aliphatic rings. The van der Waals surface area contributed by atoms with Gasteiger partial charge in [-0.15, -0.1) is 0 Å². The molecule has 2 aromatic rings. The summed E-state index contributed by atoms with van der Waals surface area (Å²) in [4.78, 5) is 30.4. The first kappa shape index (κ1) is 15.5. The van der Waals surface area contributed by atoms with Crippen molar-refractivity contribution in [2.75, 3.05) is 13.6 Å². The van der Waals surface area contributed by atoms with E-state index in [1.165, 1.54) is 6.20 Å². The molecule has 0 radical (unpaired) electrons. The first-order valence-electron chi connectivity index (χ1n) is 8.01. The minimum absolute atomic E-state index is 0.0147. The molecule has 2 amide bonds. The van der Waals surface area contributed by atoms with Gasteiger partial charge >= 0.3 is 0 Å². The number of rotatable bonds is 3. The van der Waals surface area contributed by atoms with E-state index in [2.05, 4.69) is 15.4 Å². The van der Waals surface area contributed by atoms with Gasteiger partial charge in [0, 0.05) is 26.2 Å². The van der Waals surface area contributed by atoms with Crippen LogP contribution in [-0.2, 0) is 4.79 Å². The Labute approximate surface area is 134 Å². The Morgan fingerprint density at radius 2 is 2.22 bits per heavy atom. The molecule has 1 aliphatic heterocycles. The lowest BCUT2D eigenvalue weighted by molar-refractivity contribution is -0.134. The number of carbonyl (C=O) groups is 2. The van der Waals surface area contributed by atoms with E-state index in [4.69, 9.17) is 0 Å². The molecule has 1 saturated heterocycles. The molecular formula is C16H21N5O2. The van der Waals surface area contributed by atoms with Crippen LogP contribution in [-0.4, -0.2) is 44.9 Å². The van der Waals surface area contributed by atoms with Crippen molar-refractivity contribution >= 4 is 17.5 Å². The zero-order chi connectivity index (χ0) is 16.4. The normalized spacial score (nSPS) is 18.2. The number of nitrogens with one attached hydrogen (secondary N) is 1. The SMILES string of the molecule is CCC(=O)N1CCCC[C@H]1c1ccnc2c(C(=O)NC)cnn12. The van der Waals surface area contributed by atoms with Crippen molar-refractivity contribution < 1.29 is 9.59 Å². The Kier molecular flexibility index (Phi) is 4.27. The molecule has 0 aliphatic carbocycles. The molecular weight excluding hydrogens is 294 g/mol. The van der Waals surface area contributed by atoms with Crippen molar-refractivity contribution in [2.24, 2.45) is 0 Å². The third-order valence-electron chi connectivity index (χ3n) is 4.37. The minimum atomic E-state index is -0.213. The fourth-order valence-corrected chi connectivity index (χ4v) is 3.20. The predicted molar refractivity (Wildman–Crippen MR) is 85.0 cm³/mol. The van der Waals surface area contributed by atoms with Crippen molar-refractivity contribution in [3.8, 4) is 0 Å². The van der Waals surface area contributed by atoms with Crippen LogP contribution in [0, 0.1) is 0 Å². The standard InChI is InChI=1S/C16H21N5O2/c1-3-14(22)20-9-5-4-6-12(20)13-7-8-18-15-11(16(23)17-2)10-19-21(13)15/h7-8,10,12H,3-6,9H2,1-2H3,(H,17,23)/t12-/m0/s1. The van der Waals surface area contributed by atoms with Gasteiger partial charge in [-0.05, 0) is 25.3 Å².